The third kappa shape index (κ3) is 4.41. The number of piperidine rings is 2. The summed E-state index contributed by atoms with van der Waals surface area (Å²) in [5.74, 6) is -2.98. The number of aromatic nitrogens is 2. The summed E-state index contributed by atoms with van der Waals surface area (Å²) in [6.07, 6.45) is 1.65. The molecule has 162 valence electrons. The van der Waals surface area contributed by atoms with Gasteiger partial charge in [-0.25, -0.2) is 8.78 Å². The second kappa shape index (κ2) is 8.10. The van der Waals surface area contributed by atoms with Crippen molar-refractivity contribution >= 4 is 5.91 Å². The molecule has 1 aromatic carbocycles. The molecule has 0 aliphatic carbocycles. The third-order valence-electron chi connectivity index (χ3n) is 6.41. The van der Waals surface area contributed by atoms with E-state index in [1.807, 2.05) is 50.4 Å². The van der Waals surface area contributed by atoms with Gasteiger partial charge in [0.2, 0.25) is 5.91 Å². The highest BCUT2D eigenvalue weighted by molar-refractivity contribution is 5.84. The zero-order valence-electron chi connectivity index (χ0n) is 17.8. The van der Waals surface area contributed by atoms with Crippen LogP contribution in [0.4, 0.5) is 8.78 Å². The molecule has 0 saturated carbocycles. The fraction of sp³-hybridized carbons (Fsp3) is 0.565. The van der Waals surface area contributed by atoms with Gasteiger partial charge in [-0.15, -0.1) is 0 Å². The smallest absolute Gasteiger partial charge is 0.261 e. The Morgan fingerprint density at radius 1 is 1.17 bits per heavy atom. The molecule has 2 aliphatic rings. The van der Waals surface area contributed by atoms with Crippen LogP contribution < -0.4 is 0 Å². The standard InChI is InChI=1S/C23H30F2N4O/c1-18-13-20(27(2)26-18)14-29-11-6-10-22(21(29)30)15-23(24,25)17-28(16-22)12-9-19-7-4-3-5-8-19/h3-5,7-8,13H,6,9-12,14-17H2,1-2H3/t22-/m0/s1. The first-order valence-electron chi connectivity index (χ1n) is 10.7. The number of benzene rings is 1. The number of hydrogen-bond acceptors (Lipinski definition) is 3. The molecule has 1 spiro atoms. The van der Waals surface area contributed by atoms with E-state index in [2.05, 4.69) is 5.10 Å². The van der Waals surface area contributed by atoms with Gasteiger partial charge in [0, 0.05) is 33.1 Å². The van der Waals surface area contributed by atoms with Crippen molar-refractivity contribution in [3.8, 4) is 0 Å². The molecule has 1 atom stereocenters. The van der Waals surface area contributed by atoms with Crippen molar-refractivity contribution in [3.63, 3.8) is 0 Å². The lowest BCUT2D eigenvalue weighted by Crippen LogP contribution is -2.61. The normalized spacial score (nSPS) is 24.5. The first-order valence-corrected chi connectivity index (χ1v) is 10.7. The molecule has 3 heterocycles. The van der Waals surface area contributed by atoms with E-state index >= 15 is 0 Å². The maximum Gasteiger partial charge on any atom is 0.261 e. The lowest BCUT2D eigenvalue weighted by molar-refractivity contribution is -0.170. The van der Waals surface area contributed by atoms with Crippen molar-refractivity contribution in [1.82, 2.24) is 19.6 Å². The Kier molecular flexibility index (Phi) is 5.66. The van der Waals surface area contributed by atoms with Crippen molar-refractivity contribution in [3.05, 3.63) is 53.3 Å². The summed E-state index contributed by atoms with van der Waals surface area (Å²) in [5.41, 5.74) is 1.96. The number of alkyl halides is 2. The highest BCUT2D eigenvalue weighted by Crippen LogP contribution is 2.45. The average molecular weight is 417 g/mol. The number of amides is 1. The van der Waals surface area contributed by atoms with Crippen LogP contribution in [0.1, 0.15) is 36.2 Å². The summed E-state index contributed by atoms with van der Waals surface area (Å²) >= 11 is 0. The summed E-state index contributed by atoms with van der Waals surface area (Å²) in [4.78, 5) is 17.0. The predicted molar refractivity (Wildman–Crippen MR) is 111 cm³/mol. The zero-order valence-corrected chi connectivity index (χ0v) is 17.8. The number of rotatable bonds is 5. The molecule has 1 amide bonds. The van der Waals surface area contributed by atoms with Crippen LogP contribution in [0.25, 0.3) is 0 Å². The van der Waals surface area contributed by atoms with Gasteiger partial charge >= 0.3 is 0 Å². The molecule has 2 aromatic rings. The van der Waals surface area contributed by atoms with Crippen molar-refractivity contribution in [2.45, 2.75) is 45.1 Å². The van der Waals surface area contributed by atoms with Crippen molar-refractivity contribution in [2.75, 3.05) is 26.2 Å². The quantitative estimate of drug-likeness (QED) is 0.750. The summed E-state index contributed by atoms with van der Waals surface area (Å²) in [5, 5.41) is 4.34. The van der Waals surface area contributed by atoms with Gasteiger partial charge in [0.25, 0.3) is 5.92 Å². The fourth-order valence-electron chi connectivity index (χ4n) is 5.13. The second-order valence-electron chi connectivity index (χ2n) is 8.99. The van der Waals surface area contributed by atoms with Gasteiger partial charge in [0.1, 0.15) is 0 Å². The van der Waals surface area contributed by atoms with Crippen LogP contribution in [0.2, 0.25) is 0 Å². The van der Waals surface area contributed by atoms with Gasteiger partial charge in [0.15, 0.2) is 0 Å². The highest BCUT2D eigenvalue weighted by Gasteiger charge is 2.55. The molecule has 1 aromatic heterocycles. The number of aryl methyl sites for hydroxylation is 2. The third-order valence-corrected chi connectivity index (χ3v) is 6.41. The second-order valence-corrected chi connectivity index (χ2v) is 8.99. The van der Waals surface area contributed by atoms with E-state index in [0.717, 1.165) is 23.4 Å². The summed E-state index contributed by atoms with van der Waals surface area (Å²) < 4.78 is 31.3. The Balaban J connectivity index is 1.50. The molecule has 5 nitrogen and oxygen atoms in total. The molecule has 0 bridgehead atoms. The molecule has 2 aliphatic heterocycles. The summed E-state index contributed by atoms with van der Waals surface area (Å²) in [6.45, 7) is 3.63. The lowest BCUT2D eigenvalue weighted by Gasteiger charge is -2.49. The van der Waals surface area contributed by atoms with E-state index in [1.54, 1.807) is 14.5 Å². The molecule has 0 radical (unpaired) electrons. The number of carbonyl (C=O) groups is 1. The average Bonchev–Trinajstić information content (AvgIpc) is 3.00. The van der Waals surface area contributed by atoms with Crippen LogP contribution in [0.15, 0.2) is 36.4 Å². The molecule has 4 rings (SSSR count). The Labute approximate surface area is 176 Å². The van der Waals surface area contributed by atoms with Gasteiger partial charge in [-0.1, -0.05) is 30.3 Å². The number of halogens is 2. The molecular formula is C23H30F2N4O. The summed E-state index contributed by atoms with van der Waals surface area (Å²) in [7, 11) is 1.85. The van der Waals surface area contributed by atoms with Gasteiger partial charge in [-0.2, -0.15) is 5.10 Å². The van der Waals surface area contributed by atoms with Crippen LogP contribution in [-0.2, 0) is 24.8 Å². The topological polar surface area (TPSA) is 41.4 Å². The first-order chi connectivity index (χ1) is 14.3. The van der Waals surface area contributed by atoms with E-state index in [0.29, 0.717) is 39.0 Å². The molecule has 2 saturated heterocycles. The largest absolute Gasteiger partial charge is 0.336 e. The lowest BCUT2D eigenvalue weighted by atomic mass is 9.71. The van der Waals surface area contributed by atoms with E-state index in [9.17, 15) is 13.6 Å². The maximum atomic E-state index is 14.8. The molecule has 0 unspecified atom stereocenters. The maximum absolute atomic E-state index is 14.8. The van der Waals surface area contributed by atoms with Crippen LogP contribution in [-0.4, -0.2) is 57.6 Å². The Hall–Kier alpha value is -2.28. The fourth-order valence-corrected chi connectivity index (χ4v) is 5.13. The molecule has 0 N–H and O–H groups in total. The number of carbonyl (C=O) groups excluding carboxylic acids is 1. The SMILES string of the molecule is Cc1cc(CN2CCC[C@]3(CN(CCc4ccccc4)CC(F)(F)C3)C2=O)n(C)n1. The van der Waals surface area contributed by atoms with Gasteiger partial charge in [0.05, 0.1) is 29.9 Å². The van der Waals surface area contributed by atoms with Crippen LogP contribution in [0, 0.1) is 12.3 Å². The first kappa shape index (κ1) is 21.0. The van der Waals surface area contributed by atoms with Gasteiger partial charge in [-0.3, -0.25) is 14.4 Å². The van der Waals surface area contributed by atoms with Crippen molar-refractivity contribution in [2.24, 2.45) is 12.5 Å². The Bertz CT molecular complexity index is 898. The van der Waals surface area contributed by atoms with Gasteiger partial charge in [-0.05, 0) is 37.8 Å². The monoisotopic (exact) mass is 416 g/mol. The van der Waals surface area contributed by atoms with E-state index in [4.69, 9.17) is 0 Å². The number of likely N-dealkylation sites (tertiary alicyclic amines) is 2. The minimum atomic E-state index is -2.85. The zero-order chi connectivity index (χ0) is 21.4. The minimum Gasteiger partial charge on any atom is -0.336 e. The van der Waals surface area contributed by atoms with E-state index in [1.165, 1.54) is 0 Å². The van der Waals surface area contributed by atoms with E-state index < -0.39 is 11.3 Å². The van der Waals surface area contributed by atoms with Gasteiger partial charge < -0.3 is 4.90 Å². The summed E-state index contributed by atoms with van der Waals surface area (Å²) in [6, 6.07) is 11.9. The Morgan fingerprint density at radius 2 is 1.93 bits per heavy atom. The number of nitrogens with zero attached hydrogens (tertiary/aromatic N) is 4. The predicted octanol–water partition coefficient (Wildman–Crippen LogP) is 3.42. The molecule has 30 heavy (non-hydrogen) atoms. The molecule has 7 heteroatoms. The Morgan fingerprint density at radius 3 is 2.63 bits per heavy atom. The van der Waals surface area contributed by atoms with Crippen LogP contribution >= 0.6 is 0 Å². The molecular weight excluding hydrogens is 386 g/mol. The highest BCUT2D eigenvalue weighted by atomic mass is 19.3. The number of hydrogen-bond donors (Lipinski definition) is 0. The van der Waals surface area contributed by atoms with E-state index in [-0.39, 0.29) is 18.9 Å². The van der Waals surface area contributed by atoms with Crippen LogP contribution in [0.5, 0.6) is 0 Å². The van der Waals surface area contributed by atoms with Crippen molar-refractivity contribution in [1.29, 1.82) is 0 Å². The van der Waals surface area contributed by atoms with Crippen LogP contribution in [0.3, 0.4) is 0 Å². The van der Waals surface area contributed by atoms with Crippen molar-refractivity contribution < 1.29 is 13.6 Å². The minimum absolute atomic E-state index is 0.128. The molecule has 2 fully saturated rings.